The fourth-order valence-electron chi connectivity index (χ4n) is 5.25. The van der Waals surface area contributed by atoms with Gasteiger partial charge in [-0.3, -0.25) is 18.1 Å². The van der Waals surface area contributed by atoms with Crippen LogP contribution >= 0.6 is 15.6 Å². The van der Waals surface area contributed by atoms with Crippen LogP contribution in [0.2, 0.25) is 0 Å². The second kappa shape index (κ2) is 17.6. The predicted octanol–water partition coefficient (Wildman–Crippen LogP) is -5.40. The van der Waals surface area contributed by atoms with Gasteiger partial charge >= 0.3 is 15.6 Å². The first kappa shape index (κ1) is 41.4. The Morgan fingerprint density at radius 2 is 0.612 bits per heavy atom. The molecular formula is C24H44O23P2. The number of aliphatic hydroxyl groups excluding tert-OH is 12. The van der Waals surface area contributed by atoms with E-state index in [0.29, 0.717) is 0 Å². The van der Waals surface area contributed by atoms with Crippen LogP contribution in [0.1, 0.15) is 25.7 Å². The van der Waals surface area contributed by atoms with Crippen molar-refractivity contribution in [1.82, 2.24) is 0 Å². The van der Waals surface area contributed by atoms with E-state index in [4.69, 9.17) is 41.4 Å². The third-order valence-corrected chi connectivity index (χ3v) is 11.5. The smallest absolute Gasteiger partial charge is 0.394 e. The largest absolute Gasteiger partial charge is 0.488 e. The molecule has 4 aliphatic rings. The van der Waals surface area contributed by atoms with Crippen molar-refractivity contribution in [2.75, 3.05) is 26.4 Å². The lowest BCUT2D eigenvalue weighted by atomic mass is 10.0. The zero-order valence-electron chi connectivity index (χ0n) is 25.6. The molecule has 17 atom stereocenters. The van der Waals surface area contributed by atoms with Crippen LogP contribution in [0, 0.1) is 0 Å². The molecule has 23 nitrogen and oxygen atoms in total. The molecule has 0 radical (unpaired) electrons. The van der Waals surface area contributed by atoms with Gasteiger partial charge in [-0.2, -0.15) is 4.31 Å². The lowest BCUT2D eigenvalue weighted by Gasteiger charge is -2.41. The van der Waals surface area contributed by atoms with Gasteiger partial charge in [0.25, 0.3) is 0 Å². The van der Waals surface area contributed by atoms with Crippen LogP contribution in [0.15, 0.2) is 0 Å². The molecule has 0 aromatic rings. The van der Waals surface area contributed by atoms with Crippen molar-refractivity contribution in [3.05, 3.63) is 0 Å². The van der Waals surface area contributed by atoms with Gasteiger partial charge in [-0.25, -0.2) is 9.13 Å². The van der Waals surface area contributed by atoms with Gasteiger partial charge in [-0.05, 0) is 0 Å². The average molecular weight is 763 g/mol. The van der Waals surface area contributed by atoms with E-state index in [1.807, 2.05) is 0 Å². The maximum Gasteiger partial charge on any atom is 0.488 e. The van der Waals surface area contributed by atoms with E-state index in [-0.39, 0.29) is 0 Å². The van der Waals surface area contributed by atoms with Crippen molar-refractivity contribution >= 4 is 15.6 Å². The fourth-order valence-corrected chi connectivity index (χ4v) is 8.73. The molecule has 4 saturated heterocycles. The maximum atomic E-state index is 14.4. The van der Waals surface area contributed by atoms with Crippen LogP contribution in [0.3, 0.4) is 0 Å². The topological polar surface area (TPSA) is 360 Å². The Balaban J connectivity index is 1.71. The quantitative estimate of drug-likeness (QED) is 0.0735. The Bertz CT molecular complexity index is 977. The zero-order valence-corrected chi connectivity index (χ0v) is 27.4. The van der Waals surface area contributed by atoms with E-state index in [9.17, 15) is 70.4 Å². The molecule has 0 amide bonds. The van der Waals surface area contributed by atoms with Gasteiger partial charge in [0.2, 0.25) is 0 Å². The van der Waals surface area contributed by atoms with Crippen molar-refractivity contribution in [3.63, 3.8) is 0 Å². The minimum absolute atomic E-state index is 0.540. The lowest BCUT2D eigenvalue weighted by molar-refractivity contribution is -0.270. The highest BCUT2D eigenvalue weighted by Gasteiger charge is 2.54. The van der Waals surface area contributed by atoms with E-state index in [1.165, 1.54) is 0 Å². The van der Waals surface area contributed by atoms with Gasteiger partial charge in [0.1, 0.15) is 48.8 Å². The van der Waals surface area contributed by atoms with Gasteiger partial charge < -0.3 is 80.2 Å². The van der Waals surface area contributed by atoms with Crippen LogP contribution in [-0.2, 0) is 50.5 Å². The van der Waals surface area contributed by atoms with Crippen molar-refractivity contribution in [2.45, 2.75) is 124 Å². The minimum Gasteiger partial charge on any atom is -0.394 e. The summed E-state index contributed by atoms with van der Waals surface area (Å²) in [6.45, 7) is -3.35. The summed E-state index contributed by atoms with van der Waals surface area (Å²) in [5.41, 5.74) is 0. The van der Waals surface area contributed by atoms with E-state index in [1.54, 1.807) is 0 Å². The summed E-state index contributed by atoms with van der Waals surface area (Å²) >= 11 is 0. The first-order valence-electron chi connectivity index (χ1n) is 15.2. The van der Waals surface area contributed by atoms with Crippen LogP contribution in [0.25, 0.3) is 0 Å². The molecule has 4 aliphatic heterocycles. The van der Waals surface area contributed by atoms with Gasteiger partial charge in [-0.1, -0.05) is 0 Å². The highest BCUT2D eigenvalue weighted by atomic mass is 31.3. The SMILES string of the molecule is O=P(OC1OC(CO)C(O)CC1O)(OC1OC(CO)C(O)CC1O)OP(=O)(OC1OC(CO)C(O)CC1O)O[C@H]1O[C@H](CO)[C@H](O)C[C@H]1O. The molecule has 25 heteroatoms. The Morgan fingerprint density at radius 3 is 0.796 bits per heavy atom. The van der Waals surface area contributed by atoms with Crippen molar-refractivity contribution in [3.8, 4) is 0 Å². The van der Waals surface area contributed by atoms with Gasteiger partial charge in [0.05, 0.1) is 50.8 Å². The molecule has 0 bridgehead atoms. The molecule has 288 valence electrons. The normalized spacial score (nSPS) is 46.1. The summed E-state index contributed by atoms with van der Waals surface area (Å²) in [5.74, 6) is 0. The summed E-state index contributed by atoms with van der Waals surface area (Å²) in [6.07, 6.45) is -29.5. The number of aliphatic hydroxyl groups is 12. The molecule has 4 rings (SSSR count). The second-order valence-electron chi connectivity index (χ2n) is 11.8. The molecule has 49 heavy (non-hydrogen) atoms. The number of ether oxygens (including phenoxy) is 4. The number of hydrogen-bond acceptors (Lipinski definition) is 23. The molecule has 0 saturated carbocycles. The Labute approximate surface area is 278 Å². The molecule has 0 aliphatic carbocycles. The summed E-state index contributed by atoms with van der Waals surface area (Å²) in [6, 6.07) is 0. The molecule has 13 unspecified atom stereocenters. The lowest BCUT2D eigenvalue weighted by Crippen LogP contribution is -2.51. The van der Waals surface area contributed by atoms with Crippen molar-refractivity contribution in [2.24, 2.45) is 0 Å². The maximum absolute atomic E-state index is 14.4. The van der Waals surface area contributed by atoms with Crippen LogP contribution in [0.5, 0.6) is 0 Å². The third-order valence-electron chi connectivity index (χ3n) is 7.99. The molecule has 0 aromatic heterocycles. The third kappa shape index (κ3) is 10.4. The number of rotatable bonds is 14. The van der Waals surface area contributed by atoms with Crippen molar-refractivity contribution < 1.29 is 112 Å². The number of hydrogen-bond donors (Lipinski definition) is 12. The highest BCUT2D eigenvalue weighted by molar-refractivity contribution is 7.62. The fraction of sp³-hybridized carbons (Fsp3) is 1.00. The van der Waals surface area contributed by atoms with Gasteiger partial charge in [0, 0.05) is 25.7 Å². The average Bonchev–Trinajstić information content (AvgIpc) is 3.02. The highest BCUT2D eigenvalue weighted by Crippen LogP contribution is 2.69. The molecule has 4 fully saturated rings. The zero-order chi connectivity index (χ0) is 36.3. The van der Waals surface area contributed by atoms with Crippen molar-refractivity contribution in [1.29, 1.82) is 0 Å². The van der Waals surface area contributed by atoms with Gasteiger partial charge in [-0.15, -0.1) is 0 Å². The molecule has 0 spiro atoms. The summed E-state index contributed by atoms with van der Waals surface area (Å²) in [7, 11) is -11.6. The molecule has 0 aromatic carbocycles. The first-order valence-corrected chi connectivity index (χ1v) is 18.1. The summed E-state index contributed by atoms with van der Waals surface area (Å²) in [4.78, 5) is 0. The Kier molecular flexibility index (Phi) is 14.9. The van der Waals surface area contributed by atoms with Crippen LogP contribution < -0.4 is 0 Å². The predicted molar refractivity (Wildman–Crippen MR) is 150 cm³/mol. The van der Waals surface area contributed by atoms with E-state index in [2.05, 4.69) is 0 Å². The first-order chi connectivity index (χ1) is 23.0. The van der Waals surface area contributed by atoms with E-state index < -0.39 is 166 Å². The summed E-state index contributed by atoms with van der Waals surface area (Å²) in [5, 5.41) is 121. The second-order valence-corrected chi connectivity index (χ2v) is 15.1. The standard InChI is InChI=1S/C24H44O23P2/c25-5-17-9(29)1-13(33)21(39-17)43-48(37,44-22-14(34)2-10(30)18(6-26)40-22)47-49(38,45-23-15(35)3-11(31)19(7-27)41-23)46-24-16(36)4-12(32)20(8-28)42-24/h9-36H,1-8H2/t9-,10?,11?,12?,13-,14?,15?,16?,17-,18?,19?,20?,21-,22?,23?,24?,48?,49?/m1/s1. The monoisotopic (exact) mass is 762 g/mol. The Morgan fingerprint density at radius 1 is 0.408 bits per heavy atom. The Hall–Kier alpha value is -0.380. The molecular weight excluding hydrogens is 718 g/mol. The van der Waals surface area contributed by atoms with Gasteiger partial charge in [0.15, 0.2) is 25.2 Å². The minimum atomic E-state index is -5.79. The molecule has 12 N–H and O–H groups in total. The number of phosphoric ester groups is 2. The summed E-state index contributed by atoms with van der Waals surface area (Å²) < 4.78 is 76.1. The number of phosphoric acid groups is 2. The van der Waals surface area contributed by atoms with E-state index in [0.717, 1.165) is 0 Å². The van der Waals surface area contributed by atoms with E-state index >= 15 is 0 Å². The van der Waals surface area contributed by atoms with Crippen LogP contribution in [0.4, 0.5) is 0 Å². The molecule has 4 heterocycles. The van der Waals surface area contributed by atoms with Crippen LogP contribution in [-0.4, -0.2) is 186 Å².